The summed E-state index contributed by atoms with van der Waals surface area (Å²) in [5.41, 5.74) is 5.71. The van der Waals surface area contributed by atoms with Crippen molar-refractivity contribution >= 4 is 23.4 Å². The molecule has 2 aromatic rings. The highest BCUT2D eigenvalue weighted by Gasteiger charge is 2.29. The standard InChI is InChI=1S/C22H27ClN2O3/c1-4-20(17-8-14(2)21(23)15(3)9-17)24-18-7-5-6-16(10-18)11-25-12-19(13-25)28-22(26)27/h5-10,19-20,24H,4,11-13H2,1-3H3,(H,26,27)/t20-/m1/s1. The minimum absolute atomic E-state index is 0.209. The molecule has 2 N–H and O–H groups in total. The Morgan fingerprint density at radius 1 is 1.29 bits per heavy atom. The van der Waals surface area contributed by atoms with Crippen molar-refractivity contribution in [1.82, 2.24) is 4.90 Å². The number of nitrogens with one attached hydrogen (secondary N) is 1. The monoisotopic (exact) mass is 402 g/mol. The van der Waals surface area contributed by atoms with Crippen LogP contribution in [-0.2, 0) is 11.3 Å². The molecule has 1 aliphatic heterocycles. The number of ether oxygens (including phenoxy) is 1. The number of anilines is 1. The van der Waals surface area contributed by atoms with Gasteiger partial charge in [0.25, 0.3) is 0 Å². The number of likely N-dealkylation sites (tertiary alicyclic amines) is 1. The van der Waals surface area contributed by atoms with Gasteiger partial charge in [-0.2, -0.15) is 0 Å². The van der Waals surface area contributed by atoms with Gasteiger partial charge in [0.1, 0.15) is 6.10 Å². The highest BCUT2D eigenvalue weighted by atomic mass is 35.5. The molecular formula is C22H27ClN2O3. The number of nitrogens with zero attached hydrogens (tertiary/aromatic N) is 1. The molecule has 28 heavy (non-hydrogen) atoms. The van der Waals surface area contributed by atoms with Crippen molar-refractivity contribution in [2.75, 3.05) is 18.4 Å². The minimum atomic E-state index is -1.20. The largest absolute Gasteiger partial charge is 0.506 e. The predicted molar refractivity (Wildman–Crippen MR) is 112 cm³/mol. The quantitative estimate of drug-likeness (QED) is 0.607. The van der Waals surface area contributed by atoms with E-state index in [4.69, 9.17) is 21.4 Å². The molecule has 0 radical (unpaired) electrons. The van der Waals surface area contributed by atoms with E-state index in [0.717, 1.165) is 34.8 Å². The molecule has 0 saturated carbocycles. The van der Waals surface area contributed by atoms with Crippen LogP contribution in [0.3, 0.4) is 0 Å². The molecule has 5 nitrogen and oxygen atoms in total. The van der Waals surface area contributed by atoms with Crippen molar-refractivity contribution in [3.05, 3.63) is 63.7 Å². The highest BCUT2D eigenvalue weighted by molar-refractivity contribution is 6.32. The van der Waals surface area contributed by atoms with Crippen LogP contribution in [0.5, 0.6) is 0 Å². The van der Waals surface area contributed by atoms with E-state index in [1.54, 1.807) is 0 Å². The van der Waals surface area contributed by atoms with Crippen molar-refractivity contribution in [3.8, 4) is 0 Å². The zero-order valence-corrected chi connectivity index (χ0v) is 17.3. The SMILES string of the molecule is CC[C@@H](Nc1cccc(CN2CC(OC(=O)O)C2)c1)c1cc(C)c(Cl)c(C)c1. The summed E-state index contributed by atoms with van der Waals surface area (Å²) in [4.78, 5) is 12.7. The maximum atomic E-state index is 10.6. The molecule has 0 bridgehead atoms. The van der Waals surface area contributed by atoms with E-state index in [2.05, 4.69) is 47.5 Å². The van der Waals surface area contributed by atoms with Crippen molar-refractivity contribution in [1.29, 1.82) is 0 Å². The van der Waals surface area contributed by atoms with Gasteiger partial charge in [-0.25, -0.2) is 4.79 Å². The first-order valence-corrected chi connectivity index (χ1v) is 9.97. The lowest BCUT2D eigenvalue weighted by Crippen LogP contribution is -2.52. The van der Waals surface area contributed by atoms with E-state index < -0.39 is 6.16 Å². The molecule has 0 unspecified atom stereocenters. The Hall–Kier alpha value is -2.24. The number of benzene rings is 2. The summed E-state index contributed by atoms with van der Waals surface area (Å²) in [6.07, 6.45) is -0.445. The molecule has 1 saturated heterocycles. The fourth-order valence-electron chi connectivity index (χ4n) is 3.69. The molecule has 1 atom stereocenters. The van der Waals surface area contributed by atoms with Gasteiger partial charge in [0, 0.05) is 30.3 Å². The van der Waals surface area contributed by atoms with Gasteiger partial charge in [0.2, 0.25) is 0 Å². The Balaban J connectivity index is 1.64. The van der Waals surface area contributed by atoms with Crippen LogP contribution in [0.1, 0.15) is 41.6 Å². The zero-order valence-electron chi connectivity index (χ0n) is 16.5. The predicted octanol–water partition coefficient (Wildman–Crippen LogP) is 5.40. The lowest BCUT2D eigenvalue weighted by atomic mass is 9.99. The van der Waals surface area contributed by atoms with Gasteiger partial charge in [-0.1, -0.05) is 42.8 Å². The summed E-state index contributed by atoms with van der Waals surface area (Å²) in [7, 11) is 0. The first-order chi connectivity index (χ1) is 13.4. The third-order valence-corrected chi connectivity index (χ3v) is 5.73. The van der Waals surface area contributed by atoms with E-state index in [1.165, 1.54) is 11.1 Å². The second-order valence-electron chi connectivity index (χ2n) is 7.47. The van der Waals surface area contributed by atoms with Gasteiger partial charge in [-0.05, 0) is 54.7 Å². The Bertz CT molecular complexity index is 826. The molecular weight excluding hydrogens is 376 g/mol. The summed E-state index contributed by atoms with van der Waals surface area (Å²) >= 11 is 6.32. The van der Waals surface area contributed by atoms with E-state index in [-0.39, 0.29) is 12.1 Å². The van der Waals surface area contributed by atoms with Gasteiger partial charge < -0.3 is 15.2 Å². The summed E-state index contributed by atoms with van der Waals surface area (Å²) < 4.78 is 4.77. The number of rotatable bonds is 7. The Morgan fingerprint density at radius 2 is 1.96 bits per heavy atom. The highest BCUT2D eigenvalue weighted by Crippen LogP contribution is 2.29. The molecule has 0 aromatic heterocycles. The number of hydrogen-bond acceptors (Lipinski definition) is 4. The van der Waals surface area contributed by atoms with Crippen LogP contribution >= 0.6 is 11.6 Å². The maximum Gasteiger partial charge on any atom is 0.506 e. The van der Waals surface area contributed by atoms with Crippen LogP contribution < -0.4 is 5.32 Å². The number of halogens is 1. The van der Waals surface area contributed by atoms with Gasteiger partial charge in [0.15, 0.2) is 0 Å². The molecule has 1 heterocycles. The average Bonchev–Trinajstić information content (AvgIpc) is 2.62. The molecule has 150 valence electrons. The summed E-state index contributed by atoms with van der Waals surface area (Å²) in [6.45, 7) is 8.32. The van der Waals surface area contributed by atoms with Crippen molar-refractivity contribution < 1.29 is 14.6 Å². The molecule has 0 aliphatic carbocycles. The molecule has 2 aromatic carbocycles. The van der Waals surface area contributed by atoms with Crippen molar-refractivity contribution in [3.63, 3.8) is 0 Å². The van der Waals surface area contributed by atoms with Gasteiger partial charge in [-0.3, -0.25) is 4.90 Å². The molecule has 3 rings (SSSR count). The van der Waals surface area contributed by atoms with Gasteiger partial charge in [0.05, 0.1) is 6.04 Å². The lowest BCUT2D eigenvalue weighted by Gasteiger charge is -2.37. The normalized spacial score (nSPS) is 15.7. The van der Waals surface area contributed by atoms with Crippen LogP contribution in [0, 0.1) is 13.8 Å². The second kappa shape index (κ2) is 8.84. The minimum Gasteiger partial charge on any atom is -0.450 e. The summed E-state index contributed by atoms with van der Waals surface area (Å²) in [5, 5.41) is 13.1. The van der Waals surface area contributed by atoms with Gasteiger partial charge in [-0.15, -0.1) is 0 Å². The van der Waals surface area contributed by atoms with Gasteiger partial charge >= 0.3 is 6.16 Å². The number of carboxylic acid groups (broad SMARTS) is 1. The molecule has 0 amide bonds. The first-order valence-electron chi connectivity index (χ1n) is 9.59. The van der Waals surface area contributed by atoms with Crippen LogP contribution in [0.4, 0.5) is 10.5 Å². The molecule has 1 fully saturated rings. The number of aryl methyl sites for hydroxylation is 2. The van der Waals surface area contributed by atoms with E-state index in [9.17, 15) is 4.79 Å². The van der Waals surface area contributed by atoms with Crippen molar-refractivity contribution in [2.45, 2.75) is 45.9 Å². The number of carbonyl (C=O) groups is 1. The Kier molecular flexibility index (Phi) is 6.47. The smallest absolute Gasteiger partial charge is 0.450 e. The van der Waals surface area contributed by atoms with E-state index in [1.807, 2.05) is 19.9 Å². The lowest BCUT2D eigenvalue weighted by molar-refractivity contribution is -0.0363. The summed E-state index contributed by atoms with van der Waals surface area (Å²) in [5.74, 6) is 0. The van der Waals surface area contributed by atoms with Crippen LogP contribution in [-0.4, -0.2) is 35.4 Å². The Morgan fingerprint density at radius 3 is 2.57 bits per heavy atom. The molecule has 0 spiro atoms. The van der Waals surface area contributed by atoms with Crippen LogP contribution in [0.15, 0.2) is 36.4 Å². The average molecular weight is 403 g/mol. The zero-order chi connectivity index (χ0) is 20.3. The first kappa shape index (κ1) is 20.5. The van der Waals surface area contributed by atoms with Crippen molar-refractivity contribution in [2.24, 2.45) is 0 Å². The van der Waals surface area contributed by atoms with Crippen LogP contribution in [0.2, 0.25) is 5.02 Å². The third-order valence-electron chi connectivity index (χ3n) is 5.13. The van der Waals surface area contributed by atoms with Crippen LogP contribution in [0.25, 0.3) is 0 Å². The third kappa shape index (κ3) is 4.97. The second-order valence-corrected chi connectivity index (χ2v) is 7.85. The fraction of sp³-hybridized carbons (Fsp3) is 0.409. The fourth-order valence-corrected chi connectivity index (χ4v) is 3.80. The maximum absolute atomic E-state index is 10.6. The Labute approximate surface area is 171 Å². The molecule has 6 heteroatoms. The number of hydrogen-bond donors (Lipinski definition) is 2. The topological polar surface area (TPSA) is 61.8 Å². The van der Waals surface area contributed by atoms with E-state index >= 15 is 0 Å². The molecule has 1 aliphatic rings. The summed E-state index contributed by atoms with van der Waals surface area (Å²) in [6, 6.07) is 12.9. The van der Waals surface area contributed by atoms with E-state index in [0.29, 0.717) is 13.1 Å².